The van der Waals surface area contributed by atoms with E-state index in [4.69, 9.17) is 0 Å². The molecular weight excluding hydrogens is 152 g/mol. The van der Waals surface area contributed by atoms with Gasteiger partial charge in [0.25, 0.3) is 0 Å². The Balaban J connectivity index is 2.77. The minimum atomic E-state index is -0.00616. The van der Waals surface area contributed by atoms with Crippen LogP contribution in [0.4, 0.5) is 5.95 Å². The largest absolute Gasteiger partial charge is 0.350 e. The van der Waals surface area contributed by atoms with E-state index in [2.05, 4.69) is 41.0 Å². The maximum atomic E-state index is 4.13. The molecule has 1 aromatic heterocycles. The lowest BCUT2D eigenvalue weighted by Gasteiger charge is -2.19. The molecule has 0 aliphatic heterocycles. The number of hydrogen-bond acceptors (Lipinski definition) is 4. The molecule has 0 radical (unpaired) electrons. The molecule has 0 spiro atoms. The molecule has 0 saturated carbocycles. The Morgan fingerprint density at radius 2 is 1.92 bits per heavy atom. The van der Waals surface area contributed by atoms with Gasteiger partial charge in [-0.15, -0.1) is 0 Å². The quantitative estimate of drug-likeness (QED) is 0.685. The van der Waals surface area contributed by atoms with E-state index in [0.29, 0.717) is 5.95 Å². The van der Waals surface area contributed by atoms with Gasteiger partial charge in [0.1, 0.15) is 12.2 Å². The minimum Gasteiger partial charge on any atom is -0.350 e. The molecule has 1 aromatic rings. The van der Waals surface area contributed by atoms with Crippen LogP contribution in [-0.2, 0) is 0 Å². The summed E-state index contributed by atoms with van der Waals surface area (Å²) in [7, 11) is 0. The van der Waals surface area contributed by atoms with E-state index in [-0.39, 0.29) is 5.54 Å². The molecule has 0 amide bonds. The minimum absolute atomic E-state index is 0.00616. The van der Waals surface area contributed by atoms with Crippen molar-refractivity contribution in [3.8, 4) is 0 Å². The molecule has 0 fully saturated rings. The molecule has 1 N–H and O–H groups in total. The Morgan fingerprint density at radius 3 is 2.42 bits per heavy atom. The summed E-state index contributed by atoms with van der Waals surface area (Å²) in [4.78, 5) is 12.0. The summed E-state index contributed by atoms with van der Waals surface area (Å²) >= 11 is 0. The van der Waals surface area contributed by atoms with Gasteiger partial charge < -0.3 is 5.32 Å². The van der Waals surface area contributed by atoms with Gasteiger partial charge >= 0.3 is 0 Å². The van der Waals surface area contributed by atoms with Crippen LogP contribution in [0.5, 0.6) is 0 Å². The fourth-order valence-electron chi connectivity index (χ4n) is 0.774. The SMILES string of the molecule is Cc1ncnc(NC(C)(C)C)n1. The molecule has 0 aromatic carbocycles. The summed E-state index contributed by atoms with van der Waals surface area (Å²) in [6, 6.07) is 0. The predicted molar refractivity (Wildman–Crippen MR) is 47.9 cm³/mol. The molecule has 0 aliphatic rings. The van der Waals surface area contributed by atoms with Gasteiger partial charge in [-0.2, -0.15) is 4.98 Å². The van der Waals surface area contributed by atoms with E-state index >= 15 is 0 Å². The summed E-state index contributed by atoms with van der Waals surface area (Å²) in [5.74, 6) is 1.37. The van der Waals surface area contributed by atoms with Gasteiger partial charge in [0.2, 0.25) is 5.95 Å². The number of hydrogen-bond donors (Lipinski definition) is 1. The van der Waals surface area contributed by atoms with Crippen LogP contribution in [0.15, 0.2) is 6.33 Å². The monoisotopic (exact) mass is 166 g/mol. The van der Waals surface area contributed by atoms with Gasteiger partial charge in [0.15, 0.2) is 0 Å². The van der Waals surface area contributed by atoms with Crippen LogP contribution in [0, 0.1) is 6.92 Å². The van der Waals surface area contributed by atoms with Crippen molar-refractivity contribution in [1.82, 2.24) is 15.0 Å². The Hall–Kier alpha value is -1.19. The highest BCUT2D eigenvalue weighted by atomic mass is 15.2. The van der Waals surface area contributed by atoms with Crippen molar-refractivity contribution in [3.05, 3.63) is 12.2 Å². The van der Waals surface area contributed by atoms with Gasteiger partial charge in [-0.3, -0.25) is 0 Å². The lowest BCUT2D eigenvalue weighted by Crippen LogP contribution is -2.27. The van der Waals surface area contributed by atoms with Crippen molar-refractivity contribution < 1.29 is 0 Å². The molecule has 0 atom stereocenters. The zero-order valence-electron chi connectivity index (χ0n) is 7.92. The smallest absolute Gasteiger partial charge is 0.226 e. The van der Waals surface area contributed by atoms with Crippen molar-refractivity contribution in [1.29, 1.82) is 0 Å². The van der Waals surface area contributed by atoms with Crippen molar-refractivity contribution in [2.45, 2.75) is 33.2 Å². The second kappa shape index (κ2) is 3.05. The summed E-state index contributed by atoms with van der Waals surface area (Å²) in [6.45, 7) is 8.03. The molecule has 0 saturated heterocycles. The number of nitrogens with one attached hydrogen (secondary N) is 1. The number of aromatic nitrogens is 3. The Bertz CT molecular complexity index is 264. The Kier molecular flexibility index (Phi) is 2.26. The van der Waals surface area contributed by atoms with E-state index in [1.807, 2.05) is 6.92 Å². The van der Waals surface area contributed by atoms with Crippen LogP contribution in [0.1, 0.15) is 26.6 Å². The standard InChI is InChI=1S/C8H14N4/c1-6-9-5-10-7(11-6)12-8(2,3)4/h5H,1-4H3,(H,9,10,11,12). The maximum Gasteiger partial charge on any atom is 0.226 e. The lowest BCUT2D eigenvalue weighted by atomic mass is 10.1. The second-order valence-electron chi connectivity index (χ2n) is 3.73. The highest BCUT2D eigenvalue weighted by Crippen LogP contribution is 2.07. The molecule has 4 nitrogen and oxygen atoms in total. The van der Waals surface area contributed by atoms with E-state index in [0.717, 1.165) is 5.82 Å². The number of anilines is 1. The van der Waals surface area contributed by atoms with Crippen LogP contribution in [-0.4, -0.2) is 20.5 Å². The van der Waals surface area contributed by atoms with Crippen molar-refractivity contribution in [2.24, 2.45) is 0 Å². The zero-order chi connectivity index (χ0) is 9.19. The lowest BCUT2D eigenvalue weighted by molar-refractivity contribution is 0.624. The molecule has 4 heteroatoms. The Labute approximate surface area is 72.5 Å². The fourth-order valence-corrected chi connectivity index (χ4v) is 0.774. The van der Waals surface area contributed by atoms with Crippen LogP contribution < -0.4 is 5.32 Å². The summed E-state index contributed by atoms with van der Waals surface area (Å²) in [6.07, 6.45) is 1.51. The predicted octanol–water partition coefficient (Wildman–Crippen LogP) is 1.39. The van der Waals surface area contributed by atoms with Crippen LogP contribution in [0.25, 0.3) is 0 Å². The van der Waals surface area contributed by atoms with Crippen LogP contribution in [0.3, 0.4) is 0 Å². The van der Waals surface area contributed by atoms with E-state index in [1.165, 1.54) is 6.33 Å². The third kappa shape index (κ3) is 2.82. The van der Waals surface area contributed by atoms with Crippen molar-refractivity contribution in [2.75, 3.05) is 5.32 Å². The molecule has 0 bridgehead atoms. The van der Waals surface area contributed by atoms with Gasteiger partial charge in [-0.1, -0.05) is 0 Å². The molecule has 1 rings (SSSR count). The third-order valence-corrected chi connectivity index (χ3v) is 1.18. The normalized spacial score (nSPS) is 11.3. The topological polar surface area (TPSA) is 50.7 Å². The van der Waals surface area contributed by atoms with Crippen LogP contribution in [0.2, 0.25) is 0 Å². The molecule has 0 unspecified atom stereocenters. The third-order valence-electron chi connectivity index (χ3n) is 1.18. The summed E-state index contributed by atoms with van der Waals surface area (Å²) < 4.78 is 0. The van der Waals surface area contributed by atoms with Crippen LogP contribution >= 0.6 is 0 Å². The van der Waals surface area contributed by atoms with Gasteiger partial charge in [-0.05, 0) is 27.7 Å². The average molecular weight is 166 g/mol. The highest BCUT2D eigenvalue weighted by molar-refractivity contribution is 5.26. The molecule has 0 aliphatic carbocycles. The zero-order valence-corrected chi connectivity index (χ0v) is 7.92. The molecule has 1 heterocycles. The molecule has 12 heavy (non-hydrogen) atoms. The summed E-state index contributed by atoms with van der Waals surface area (Å²) in [5, 5.41) is 3.16. The first-order chi connectivity index (χ1) is 5.47. The Morgan fingerprint density at radius 1 is 1.25 bits per heavy atom. The first-order valence-corrected chi connectivity index (χ1v) is 3.91. The summed E-state index contributed by atoms with van der Waals surface area (Å²) in [5.41, 5.74) is -0.00616. The van der Waals surface area contributed by atoms with E-state index in [9.17, 15) is 0 Å². The fraction of sp³-hybridized carbons (Fsp3) is 0.625. The highest BCUT2D eigenvalue weighted by Gasteiger charge is 2.10. The second-order valence-corrected chi connectivity index (χ2v) is 3.73. The van der Waals surface area contributed by atoms with Crippen molar-refractivity contribution >= 4 is 5.95 Å². The van der Waals surface area contributed by atoms with E-state index in [1.54, 1.807) is 0 Å². The first kappa shape index (κ1) is 8.90. The molecule has 66 valence electrons. The molecular formula is C8H14N4. The number of nitrogens with zero attached hydrogens (tertiary/aromatic N) is 3. The van der Waals surface area contributed by atoms with Gasteiger partial charge in [0, 0.05) is 5.54 Å². The van der Waals surface area contributed by atoms with E-state index < -0.39 is 0 Å². The van der Waals surface area contributed by atoms with Gasteiger partial charge in [0.05, 0.1) is 0 Å². The number of aryl methyl sites for hydroxylation is 1. The maximum absolute atomic E-state index is 4.13. The average Bonchev–Trinajstić information content (AvgIpc) is 1.82. The first-order valence-electron chi connectivity index (χ1n) is 3.91. The number of rotatable bonds is 1. The van der Waals surface area contributed by atoms with Crippen molar-refractivity contribution in [3.63, 3.8) is 0 Å². The van der Waals surface area contributed by atoms with Gasteiger partial charge in [-0.25, -0.2) is 9.97 Å².